The third kappa shape index (κ3) is 0.983. The van der Waals surface area contributed by atoms with Crippen LogP contribution in [-0.4, -0.2) is 14.4 Å². The van der Waals surface area contributed by atoms with Gasteiger partial charge in [0.1, 0.15) is 5.82 Å². The molecule has 13 heavy (non-hydrogen) atoms. The zero-order valence-corrected chi connectivity index (χ0v) is 8.00. The first-order valence-electron chi connectivity index (χ1n) is 4.18. The van der Waals surface area contributed by atoms with Gasteiger partial charge in [0, 0.05) is 5.69 Å². The zero-order valence-electron chi connectivity index (χ0n) is 8.00. The molecule has 0 aliphatic carbocycles. The second-order valence-electron chi connectivity index (χ2n) is 3.21. The van der Waals surface area contributed by atoms with E-state index in [1.165, 1.54) is 0 Å². The van der Waals surface area contributed by atoms with Gasteiger partial charge in [0.15, 0.2) is 5.65 Å². The number of hydrogen-bond acceptors (Lipinski definition) is 3. The number of hydrogen-bond donors (Lipinski definition) is 1. The Morgan fingerprint density at radius 3 is 2.62 bits per heavy atom. The molecule has 4 nitrogen and oxygen atoms in total. The summed E-state index contributed by atoms with van der Waals surface area (Å²) in [6, 6.07) is 0. The molecular weight excluding hydrogens is 164 g/mol. The Morgan fingerprint density at radius 2 is 1.92 bits per heavy atom. The van der Waals surface area contributed by atoms with Crippen LogP contribution in [0, 0.1) is 20.8 Å². The number of anilines is 1. The van der Waals surface area contributed by atoms with E-state index >= 15 is 0 Å². The Balaban J connectivity index is 2.97. The molecule has 0 saturated heterocycles. The highest BCUT2D eigenvalue weighted by Gasteiger charge is 2.08. The normalized spacial score (nSPS) is 11.0. The highest BCUT2D eigenvalue weighted by Crippen LogP contribution is 2.16. The topological polar surface area (TPSA) is 56.2 Å². The fraction of sp³-hybridized carbons (Fsp3) is 0.333. The van der Waals surface area contributed by atoms with Crippen molar-refractivity contribution in [2.45, 2.75) is 20.8 Å². The molecule has 0 atom stereocenters. The van der Waals surface area contributed by atoms with Crippen molar-refractivity contribution in [3.05, 3.63) is 23.3 Å². The third-order valence-electron chi connectivity index (χ3n) is 2.40. The lowest BCUT2D eigenvalue weighted by Gasteiger charge is -2.03. The summed E-state index contributed by atoms with van der Waals surface area (Å²) < 4.78 is 2.03. The van der Waals surface area contributed by atoms with Gasteiger partial charge in [0.2, 0.25) is 0 Å². The predicted octanol–water partition coefficient (Wildman–Crippen LogP) is 1.24. The van der Waals surface area contributed by atoms with E-state index in [2.05, 4.69) is 9.97 Å². The van der Waals surface area contributed by atoms with Crippen LogP contribution in [0.1, 0.15) is 17.1 Å². The van der Waals surface area contributed by atoms with Gasteiger partial charge in [-0.15, -0.1) is 0 Å². The number of imidazole rings is 1. The zero-order chi connectivity index (χ0) is 9.59. The Hall–Kier alpha value is -1.58. The van der Waals surface area contributed by atoms with Crippen molar-refractivity contribution < 1.29 is 0 Å². The smallest absolute Gasteiger partial charge is 0.158 e. The highest BCUT2D eigenvalue weighted by molar-refractivity contribution is 5.51. The number of fused-ring (bicyclic) bond motifs is 1. The minimum atomic E-state index is 0.579. The molecule has 0 amide bonds. The molecule has 4 heteroatoms. The molecule has 2 rings (SSSR count). The summed E-state index contributed by atoms with van der Waals surface area (Å²) in [6.07, 6.45) is 1.74. The average molecular weight is 176 g/mol. The van der Waals surface area contributed by atoms with Crippen molar-refractivity contribution in [1.82, 2.24) is 14.4 Å². The van der Waals surface area contributed by atoms with Gasteiger partial charge in [-0.25, -0.2) is 4.98 Å². The standard InChI is InChI=1S/C9H12N4/c1-5-6(2)13-7(3)9(10)12-8(13)4-11-5/h4H,10H2,1-3H3. The summed E-state index contributed by atoms with van der Waals surface area (Å²) in [6.45, 7) is 5.95. The van der Waals surface area contributed by atoms with E-state index in [9.17, 15) is 0 Å². The molecule has 2 heterocycles. The summed E-state index contributed by atoms with van der Waals surface area (Å²) >= 11 is 0. The number of rotatable bonds is 0. The molecule has 0 saturated carbocycles. The first-order chi connectivity index (χ1) is 6.11. The van der Waals surface area contributed by atoms with Gasteiger partial charge in [-0.05, 0) is 20.8 Å². The third-order valence-corrected chi connectivity index (χ3v) is 2.40. The second kappa shape index (κ2) is 2.45. The lowest BCUT2D eigenvalue weighted by molar-refractivity contribution is 0.969. The molecular formula is C9H12N4. The molecule has 2 aromatic rings. The monoisotopic (exact) mass is 176 g/mol. The van der Waals surface area contributed by atoms with Crippen LogP contribution < -0.4 is 5.73 Å². The first-order valence-corrected chi connectivity index (χ1v) is 4.18. The van der Waals surface area contributed by atoms with E-state index in [4.69, 9.17) is 5.73 Å². The summed E-state index contributed by atoms with van der Waals surface area (Å²) in [5.74, 6) is 0.579. The number of nitrogen functional groups attached to an aromatic ring is 1. The molecule has 2 aromatic heterocycles. The fourth-order valence-electron chi connectivity index (χ4n) is 1.46. The molecule has 0 aromatic carbocycles. The minimum Gasteiger partial charge on any atom is -0.382 e. The predicted molar refractivity (Wildman–Crippen MR) is 51.6 cm³/mol. The summed E-state index contributed by atoms with van der Waals surface area (Å²) in [7, 11) is 0. The molecule has 0 unspecified atom stereocenters. The van der Waals surface area contributed by atoms with Gasteiger partial charge in [-0.1, -0.05) is 0 Å². The van der Waals surface area contributed by atoms with Gasteiger partial charge in [-0.2, -0.15) is 0 Å². The highest BCUT2D eigenvalue weighted by atomic mass is 15.1. The quantitative estimate of drug-likeness (QED) is 0.657. The lowest BCUT2D eigenvalue weighted by atomic mass is 10.3. The van der Waals surface area contributed by atoms with Crippen molar-refractivity contribution in [2.24, 2.45) is 0 Å². The van der Waals surface area contributed by atoms with Crippen LogP contribution in [0.25, 0.3) is 5.65 Å². The second-order valence-corrected chi connectivity index (χ2v) is 3.21. The molecule has 0 fully saturated rings. The van der Waals surface area contributed by atoms with Gasteiger partial charge < -0.3 is 5.73 Å². The maximum Gasteiger partial charge on any atom is 0.158 e. The van der Waals surface area contributed by atoms with Crippen molar-refractivity contribution in [3.63, 3.8) is 0 Å². The van der Waals surface area contributed by atoms with Crippen molar-refractivity contribution in [2.75, 3.05) is 5.73 Å². The van der Waals surface area contributed by atoms with Crippen LogP contribution in [0.2, 0.25) is 0 Å². The number of nitrogens with two attached hydrogens (primary N) is 1. The van der Waals surface area contributed by atoms with Crippen molar-refractivity contribution in [3.8, 4) is 0 Å². The van der Waals surface area contributed by atoms with Gasteiger partial charge in [0.05, 0.1) is 17.6 Å². The van der Waals surface area contributed by atoms with E-state index in [1.54, 1.807) is 6.20 Å². The van der Waals surface area contributed by atoms with Crippen LogP contribution in [0.4, 0.5) is 5.82 Å². The Morgan fingerprint density at radius 1 is 1.23 bits per heavy atom. The summed E-state index contributed by atoms with van der Waals surface area (Å²) in [5, 5.41) is 0. The molecule has 2 N–H and O–H groups in total. The van der Waals surface area contributed by atoms with Gasteiger partial charge in [0.25, 0.3) is 0 Å². The summed E-state index contributed by atoms with van der Waals surface area (Å²) in [5.41, 5.74) is 9.62. The molecule has 0 bridgehead atoms. The van der Waals surface area contributed by atoms with Crippen LogP contribution in [-0.2, 0) is 0 Å². The van der Waals surface area contributed by atoms with Crippen LogP contribution in [0.3, 0.4) is 0 Å². The van der Waals surface area contributed by atoms with E-state index in [0.717, 1.165) is 22.7 Å². The van der Waals surface area contributed by atoms with Crippen LogP contribution in [0.15, 0.2) is 6.20 Å². The Labute approximate surface area is 76.4 Å². The minimum absolute atomic E-state index is 0.579. The Bertz CT molecular complexity index is 470. The average Bonchev–Trinajstić information content (AvgIpc) is 2.37. The lowest BCUT2D eigenvalue weighted by Crippen LogP contribution is -1.99. The van der Waals surface area contributed by atoms with Gasteiger partial charge >= 0.3 is 0 Å². The van der Waals surface area contributed by atoms with E-state index in [1.807, 2.05) is 25.2 Å². The molecule has 0 spiro atoms. The first kappa shape index (κ1) is 8.04. The SMILES string of the molecule is Cc1ncc2nc(N)c(C)n2c1C. The Kier molecular flexibility index (Phi) is 1.52. The number of aryl methyl sites for hydroxylation is 3. The molecule has 68 valence electrons. The van der Waals surface area contributed by atoms with Gasteiger partial charge in [-0.3, -0.25) is 9.38 Å². The molecule has 0 aliphatic rings. The molecule has 0 radical (unpaired) electrons. The van der Waals surface area contributed by atoms with E-state index in [0.29, 0.717) is 5.82 Å². The molecule has 0 aliphatic heterocycles. The number of nitrogens with zero attached hydrogens (tertiary/aromatic N) is 3. The fourth-order valence-corrected chi connectivity index (χ4v) is 1.46. The number of aromatic nitrogens is 3. The largest absolute Gasteiger partial charge is 0.382 e. The maximum atomic E-state index is 5.71. The van der Waals surface area contributed by atoms with Crippen molar-refractivity contribution in [1.29, 1.82) is 0 Å². The van der Waals surface area contributed by atoms with Crippen LogP contribution in [0.5, 0.6) is 0 Å². The van der Waals surface area contributed by atoms with Crippen molar-refractivity contribution >= 4 is 11.5 Å². The van der Waals surface area contributed by atoms with E-state index in [-0.39, 0.29) is 0 Å². The van der Waals surface area contributed by atoms with Crippen LogP contribution >= 0.6 is 0 Å². The van der Waals surface area contributed by atoms with E-state index < -0.39 is 0 Å². The maximum absolute atomic E-state index is 5.71. The summed E-state index contributed by atoms with van der Waals surface area (Å²) in [4.78, 5) is 8.42.